The number of hydrogen-bond acceptors (Lipinski definition) is 6. The summed E-state index contributed by atoms with van der Waals surface area (Å²) in [6.45, 7) is 4.48. The van der Waals surface area contributed by atoms with Gasteiger partial charge >= 0.3 is 0 Å². The SMILES string of the molecule is O=C(c1ccc(Cn2c(=S)[nH]c3cc4c(cc3c2=O)OCO4)cc1)N1CCC(N2CCCCC2)CC1. The molecule has 36 heavy (non-hydrogen) atoms. The highest BCUT2D eigenvalue weighted by molar-refractivity contribution is 7.71. The molecule has 4 heterocycles. The highest BCUT2D eigenvalue weighted by Gasteiger charge is 2.28. The first-order chi connectivity index (χ1) is 17.6. The Balaban J connectivity index is 1.14. The number of amides is 1. The number of carbonyl (C=O) groups is 1. The zero-order chi connectivity index (χ0) is 24.6. The molecule has 0 saturated carbocycles. The third kappa shape index (κ3) is 4.41. The molecule has 2 aromatic carbocycles. The quantitative estimate of drug-likeness (QED) is 0.541. The number of carbonyl (C=O) groups excluding carboxylic acids is 1. The van der Waals surface area contributed by atoms with Crippen LogP contribution in [-0.2, 0) is 6.54 Å². The van der Waals surface area contributed by atoms with Crippen LogP contribution < -0.4 is 15.0 Å². The fraction of sp³-hybridized carbons (Fsp3) is 0.444. The number of aromatic nitrogens is 2. The van der Waals surface area contributed by atoms with Crippen LogP contribution in [0.3, 0.4) is 0 Å². The predicted molar refractivity (Wildman–Crippen MR) is 139 cm³/mol. The van der Waals surface area contributed by atoms with Gasteiger partial charge in [0.25, 0.3) is 11.5 Å². The van der Waals surface area contributed by atoms with Gasteiger partial charge in [0, 0.05) is 30.8 Å². The van der Waals surface area contributed by atoms with Crippen LogP contribution in [0, 0.1) is 4.77 Å². The molecule has 1 amide bonds. The fourth-order valence-corrected chi connectivity index (χ4v) is 5.88. The van der Waals surface area contributed by atoms with Crippen molar-refractivity contribution in [1.82, 2.24) is 19.4 Å². The van der Waals surface area contributed by atoms with Crippen molar-refractivity contribution in [1.29, 1.82) is 0 Å². The van der Waals surface area contributed by atoms with Gasteiger partial charge in [-0.3, -0.25) is 14.2 Å². The zero-order valence-electron chi connectivity index (χ0n) is 20.2. The third-order valence-corrected chi connectivity index (χ3v) is 8.00. The molecule has 6 rings (SSSR count). The molecule has 0 radical (unpaired) electrons. The van der Waals surface area contributed by atoms with Gasteiger partial charge in [-0.25, -0.2) is 0 Å². The van der Waals surface area contributed by atoms with Crippen molar-refractivity contribution in [3.8, 4) is 11.5 Å². The van der Waals surface area contributed by atoms with Crippen LogP contribution in [-0.4, -0.2) is 64.3 Å². The topological polar surface area (TPSA) is 79.8 Å². The van der Waals surface area contributed by atoms with Crippen LogP contribution in [0.1, 0.15) is 48.0 Å². The number of ether oxygens (including phenoxy) is 2. The zero-order valence-corrected chi connectivity index (χ0v) is 21.0. The smallest absolute Gasteiger partial charge is 0.262 e. The lowest BCUT2D eigenvalue weighted by Crippen LogP contribution is -2.48. The number of rotatable bonds is 4. The van der Waals surface area contributed by atoms with E-state index >= 15 is 0 Å². The molecule has 1 aromatic heterocycles. The Morgan fingerprint density at radius 2 is 1.67 bits per heavy atom. The standard InChI is InChI=1S/C27H30N4O4S/c32-25(30-12-8-20(9-13-30)29-10-2-1-3-11-29)19-6-4-18(5-7-19)16-31-26(33)21-14-23-24(35-17-34-23)15-22(21)28-27(31)36/h4-7,14-15,20H,1-3,8-13,16-17H2,(H,28,36). The Labute approximate surface area is 214 Å². The fourth-order valence-electron chi connectivity index (χ4n) is 5.62. The van der Waals surface area contributed by atoms with Crippen LogP contribution in [0.15, 0.2) is 41.2 Å². The Morgan fingerprint density at radius 3 is 2.39 bits per heavy atom. The summed E-state index contributed by atoms with van der Waals surface area (Å²) in [5.74, 6) is 1.23. The van der Waals surface area contributed by atoms with Crippen LogP contribution >= 0.6 is 12.2 Å². The molecule has 9 heteroatoms. The first kappa shape index (κ1) is 23.2. The van der Waals surface area contributed by atoms with Crippen LogP contribution in [0.5, 0.6) is 11.5 Å². The summed E-state index contributed by atoms with van der Waals surface area (Å²) in [7, 11) is 0. The second-order valence-electron chi connectivity index (χ2n) is 9.89. The van der Waals surface area contributed by atoms with Gasteiger partial charge in [0.05, 0.1) is 17.4 Å². The summed E-state index contributed by atoms with van der Waals surface area (Å²) in [6.07, 6.45) is 6.04. The van der Waals surface area contributed by atoms with Crippen LogP contribution in [0.25, 0.3) is 10.9 Å². The van der Waals surface area contributed by atoms with Crippen molar-refractivity contribution in [3.63, 3.8) is 0 Å². The minimum atomic E-state index is -0.191. The van der Waals surface area contributed by atoms with E-state index < -0.39 is 0 Å². The number of aromatic amines is 1. The molecule has 1 N–H and O–H groups in total. The lowest BCUT2D eigenvalue weighted by Gasteiger charge is -2.40. The van der Waals surface area contributed by atoms with Crippen LogP contribution in [0.4, 0.5) is 0 Å². The first-order valence-corrected chi connectivity index (χ1v) is 13.2. The molecule has 0 aliphatic carbocycles. The maximum Gasteiger partial charge on any atom is 0.262 e. The minimum Gasteiger partial charge on any atom is -0.454 e. The van der Waals surface area contributed by atoms with Gasteiger partial charge in [-0.15, -0.1) is 0 Å². The number of benzene rings is 2. The van der Waals surface area contributed by atoms with E-state index in [-0.39, 0.29) is 18.3 Å². The summed E-state index contributed by atoms with van der Waals surface area (Å²) in [5.41, 5.74) is 2.01. The predicted octanol–water partition coefficient (Wildman–Crippen LogP) is 3.93. The molecule has 2 saturated heterocycles. The molecule has 0 atom stereocenters. The van der Waals surface area contributed by atoms with Crippen LogP contribution in [0.2, 0.25) is 0 Å². The summed E-state index contributed by atoms with van der Waals surface area (Å²) in [4.78, 5) is 34.0. The van der Waals surface area contributed by atoms with E-state index in [2.05, 4.69) is 9.88 Å². The molecule has 188 valence electrons. The van der Waals surface area contributed by atoms with E-state index in [9.17, 15) is 9.59 Å². The summed E-state index contributed by atoms with van der Waals surface area (Å²) >= 11 is 5.47. The third-order valence-electron chi connectivity index (χ3n) is 7.68. The molecule has 8 nitrogen and oxygen atoms in total. The average Bonchev–Trinajstić information content (AvgIpc) is 3.38. The highest BCUT2D eigenvalue weighted by atomic mass is 32.1. The van der Waals surface area contributed by atoms with Gasteiger partial charge in [0.2, 0.25) is 6.79 Å². The molecular formula is C27H30N4O4S. The molecule has 3 aromatic rings. The van der Waals surface area contributed by atoms with Crippen molar-refractivity contribution in [2.45, 2.75) is 44.7 Å². The van der Waals surface area contributed by atoms with E-state index in [1.54, 1.807) is 12.1 Å². The molecule has 0 bridgehead atoms. The monoisotopic (exact) mass is 506 g/mol. The molecule has 0 spiro atoms. The minimum absolute atomic E-state index is 0.0786. The Kier molecular flexibility index (Phi) is 6.27. The lowest BCUT2D eigenvalue weighted by atomic mass is 9.99. The molecule has 3 aliphatic heterocycles. The Bertz CT molecular complexity index is 1400. The van der Waals surface area contributed by atoms with Gasteiger partial charge < -0.3 is 24.3 Å². The van der Waals surface area contributed by atoms with Crippen molar-refractivity contribution >= 4 is 29.0 Å². The maximum absolute atomic E-state index is 13.2. The van der Waals surface area contributed by atoms with Crippen molar-refractivity contribution in [3.05, 3.63) is 62.6 Å². The largest absolute Gasteiger partial charge is 0.454 e. The van der Waals surface area contributed by atoms with E-state index in [4.69, 9.17) is 21.7 Å². The number of likely N-dealkylation sites (tertiary alicyclic amines) is 2. The van der Waals surface area contributed by atoms with Gasteiger partial charge in [-0.2, -0.15) is 0 Å². The van der Waals surface area contributed by atoms with E-state index in [1.807, 2.05) is 29.2 Å². The van der Waals surface area contributed by atoms with Gasteiger partial charge in [0.1, 0.15) is 0 Å². The van der Waals surface area contributed by atoms with Gasteiger partial charge in [0.15, 0.2) is 16.3 Å². The molecule has 2 fully saturated rings. The second kappa shape index (κ2) is 9.71. The number of hydrogen-bond donors (Lipinski definition) is 1. The van der Waals surface area contributed by atoms with E-state index in [1.165, 1.54) is 36.9 Å². The Hall–Kier alpha value is -3.17. The number of piperidine rings is 2. The second-order valence-corrected chi connectivity index (χ2v) is 10.3. The van der Waals surface area contributed by atoms with E-state index in [0.29, 0.717) is 45.3 Å². The number of nitrogens with one attached hydrogen (secondary N) is 1. The number of nitrogens with zero attached hydrogens (tertiary/aromatic N) is 3. The highest BCUT2D eigenvalue weighted by Crippen LogP contribution is 2.34. The van der Waals surface area contributed by atoms with Gasteiger partial charge in [-0.1, -0.05) is 18.6 Å². The average molecular weight is 507 g/mol. The van der Waals surface area contributed by atoms with E-state index in [0.717, 1.165) is 31.5 Å². The molecule has 3 aliphatic rings. The van der Waals surface area contributed by atoms with Crippen molar-refractivity contribution in [2.75, 3.05) is 33.0 Å². The van der Waals surface area contributed by atoms with Gasteiger partial charge in [-0.05, 0) is 74.8 Å². The number of fused-ring (bicyclic) bond motifs is 2. The lowest BCUT2D eigenvalue weighted by molar-refractivity contribution is 0.0590. The van der Waals surface area contributed by atoms with Crippen molar-refractivity contribution in [2.24, 2.45) is 0 Å². The first-order valence-electron chi connectivity index (χ1n) is 12.8. The number of H-pyrrole nitrogens is 1. The molecule has 0 unspecified atom stereocenters. The Morgan fingerprint density at radius 1 is 0.972 bits per heavy atom. The summed E-state index contributed by atoms with van der Waals surface area (Å²) in [5, 5.41) is 0.493. The maximum atomic E-state index is 13.2. The summed E-state index contributed by atoms with van der Waals surface area (Å²) in [6, 6.07) is 11.6. The van der Waals surface area contributed by atoms with Crippen molar-refractivity contribution < 1.29 is 14.3 Å². The normalized spacial score (nSPS) is 18.6. The molecular weight excluding hydrogens is 476 g/mol. The summed E-state index contributed by atoms with van der Waals surface area (Å²) < 4.78 is 12.7.